The van der Waals surface area contributed by atoms with Gasteiger partial charge >= 0.3 is 0 Å². The molecule has 0 saturated heterocycles. The molecule has 0 unspecified atom stereocenters. The number of carbonyl (C=O) groups is 1. The predicted octanol–water partition coefficient (Wildman–Crippen LogP) is 8.27. The van der Waals surface area contributed by atoms with Crippen LogP contribution in [-0.2, 0) is 16.0 Å². The van der Waals surface area contributed by atoms with Gasteiger partial charge in [-0.1, -0.05) is 194 Å². The Bertz CT molecular complexity index is 2080. The van der Waals surface area contributed by atoms with Crippen LogP contribution in [0.25, 0.3) is 21.5 Å². The zero-order chi connectivity index (χ0) is 35.7. The smallest absolute Gasteiger partial charge is 0.209 e. The Kier molecular flexibility index (Phi) is 10.4. The van der Waals surface area contributed by atoms with E-state index in [1.807, 2.05) is 170 Å². The predicted molar refractivity (Wildman–Crippen MR) is 207 cm³/mol. The van der Waals surface area contributed by atoms with E-state index in [1.165, 1.54) is 4.90 Å². The molecule has 0 aliphatic heterocycles. The van der Waals surface area contributed by atoms with Gasteiger partial charge in [0.25, 0.3) is 0 Å². The lowest BCUT2D eigenvalue weighted by molar-refractivity contribution is -0.115. The normalized spacial score (nSPS) is 10.9. The van der Waals surface area contributed by atoms with Crippen molar-refractivity contribution in [1.29, 1.82) is 0 Å². The molecule has 0 aliphatic carbocycles. The number of nitrogens with zero attached hydrogens (tertiary/aromatic N) is 1. The largest absolute Gasteiger partial charge is 0.369 e. The molecule has 2 N–H and O–H groups in total. The molecule has 248 valence electrons. The number of amides is 1. The summed E-state index contributed by atoms with van der Waals surface area (Å²) in [4.78, 5) is 10.9. The number of hydrogen-bond donors (Lipinski definition) is 2. The molecule has 0 radical (unpaired) electrons. The number of fused-ring (bicyclic) bond motifs is 2. The van der Waals surface area contributed by atoms with Crippen LogP contribution in [0.15, 0.2) is 170 Å². The van der Waals surface area contributed by atoms with Gasteiger partial charge in [-0.2, -0.15) is 0 Å². The van der Waals surface area contributed by atoms with Crippen LogP contribution in [0.2, 0.25) is 0 Å². The van der Waals surface area contributed by atoms with Gasteiger partial charge in [0.1, 0.15) is 0 Å². The van der Waals surface area contributed by atoms with Gasteiger partial charge < -0.3 is 15.1 Å². The van der Waals surface area contributed by atoms with Crippen LogP contribution in [0, 0.1) is 23.7 Å². The minimum atomic E-state index is -1.52. The fourth-order valence-electron chi connectivity index (χ4n) is 6.04. The van der Waals surface area contributed by atoms with E-state index in [1.54, 1.807) is 14.1 Å². The van der Waals surface area contributed by atoms with Crippen molar-refractivity contribution in [3.63, 3.8) is 0 Å². The van der Waals surface area contributed by atoms with Crippen molar-refractivity contribution in [2.45, 2.75) is 11.2 Å². The molecule has 0 heterocycles. The van der Waals surface area contributed by atoms with Crippen LogP contribution in [0.3, 0.4) is 0 Å². The first kappa shape index (κ1) is 34.4. The van der Waals surface area contributed by atoms with Gasteiger partial charge in [-0.15, -0.1) is 0 Å². The molecule has 0 saturated carbocycles. The van der Waals surface area contributed by atoms with Crippen molar-refractivity contribution < 1.29 is 15.0 Å². The molecule has 0 aromatic heterocycles. The average molecular weight is 664 g/mol. The molecule has 0 atom stereocenters. The number of rotatable bonds is 5. The molecule has 7 aromatic rings. The van der Waals surface area contributed by atoms with Gasteiger partial charge in [0.15, 0.2) is 11.2 Å². The lowest BCUT2D eigenvalue weighted by atomic mass is 9.85. The van der Waals surface area contributed by atoms with Gasteiger partial charge in [0, 0.05) is 47.5 Å². The third kappa shape index (κ3) is 7.30. The van der Waals surface area contributed by atoms with Gasteiger partial charge in [0.05, 0.1) is 0 Å². The Balaban J connectivity index is 0.000000839. The molecule has 51 heavy (non-hydrogen) atoms. The number of hydrogen-bond acceptors (Lipinski definition) is 3. The first-order valence-electron chi connectivity index (χ1n) is 16.6. The molecular weight excluding hydrogens is 627 g/mol. The van der Waals surface area contributed by atoms with Crippen LogP contribution in [-0.4, -0.2) is 35.6 Å². The van der Waals surface area contributed by atoms with Crippen LogP contribution >= 0.6 is 0 Å². The first-order chi connectivity index (χ1) is 24.8. The standard InChI is InChI=1S/C44H30O2.C3H7NO/c45-43(33-17-5-1-6-18-33,34-19-7-2-8-20-34)31-29-41-37-25-13-15-27-39(37)42(40-28-16-14-26-38(40)41)30-32-44(46,35-21-9-3-10-22-35)36-23-11-4-12-24-36;1-4(2)3-5/h1-28,45-46H;3H,1-2H3. The lowest BCUT2D eigenvalue weighted by Gasteiger charge is -2.24. The van der Waals surface area contributed by atoms with Crippen LogP contribution in [0.1, 0.15) is 33.4 Å². The van der Waals surface area contributed by atoms with E-state index < -0.39 is 11.2 Å². The summed E-state index contributed by atoms with van der Waals surface area (Å²) in [5.41, 5.74) is 1.37. The lowest BCUT2D eigenvalue weighted by Crippen LogP contribution is -2.25. The molecule has 0 aliphatic rings. The van der Waals surface area contributed by atoms with Crippen molar-refractivity contribution in [3.8, 4) is 23.7 Å². The van der Waals surface area contributed by atoms with E-state index in [0.29, 0.717) is 22.3 Å². The molecule has 7 aromatic carbocycles. The summed E-state index contributed by atoms with van der Waals surface area (Å²) < 4.78 is 0. The second-order valence-electron chi connectivity index (χ2n) is 12.3. The van der Waals surface area contributed by atoms with Gasteiger partial charge in [0.2, 0.25) is 6.41 Å². The highest BCUT2D eigenvalue weighted by atomic mass is 16.3. The third-order valence-corrected chi connectivity index (χ3v) is 8.65. The van der Waals surface area contributed by atoms with E-state index in [-0.39, 0.29) is 0 Å². The van der Waals surface area contributed by atoms with Crippen LogP contribution in [0.5, 0.6) is 0 Å². The molecule has 0 spiro atoms. The Morgan fingerprint density at radius 1 is 0.431 bits per heavy atom. The maximum atomic E-state index is 12.2. The van der Waals surface area contributed by atoms with Crippen LogP contribution in [0.4, 0.5) is 0 Å². The fraction of sp³-hybridized carbons (Fsp3) is 0.0851. The molecule has 0 bridgehead atoms. The summed E-state index contributed by atoms with van der Waals surface area (Å²) in [6.07, 6.45) is 0.750. The highest BCUT2D eigenvalue weighted by molar-refractivity contribution is 6.09. The summed E-state index contributed by atoms with van der Waals surface area (Å²) in [6.45, 7) is 0. The second-order valence-corrected chi connectivity index (χ2v) is 12.3. The number of benzene rings is 7. The van der Waals surface area contributed by atoms with E-state index in [2.05, 4.69) is 23.7 Å². The van der Waals surface area contributed by atoms with Crippen molar-refractivity contribution in [2.75, 3.05) is 14.1 Å². The molecule has 1 amide bonds. The monoisotopic (exact) mass is 663 g/mol. The molecule has 4 nitrogen and oxygen atoms in total. The summed E-state index contributed by atoms with van der Waals surface area (Å²) in [6, 6.07) is 54.4. The zero-order valence-corrected chi connectivity index (χ0v) is 28.5. The Morgan fingerprint density at radius 2 is 0.647 bits per heavy atom. The van der Waals surface area contributed by atoms with E-state index in [0.717, 1.165) is 39.1 Å². The third-order valence-electron chi connectivity index (χ3n) is 8.65. The quantitative estimate of drug-likeness (QED) is 0.111. The van der Waals surface area contributed by atoms with Crippen molar-refractivity contribution in [1.82, 2.24) is 4.90 Å². The summed E-state index contributed by atoms with van der Waals surface area (Å²) in [5.74, 6) is 13.4. The maximum absolute atomic E-state index is 12.2. The van der Waals surface area contributed by atoms with E-state index >= 15 is 0 Å². The first-order valence-corrected chi connectivity index (χ1v) is 16.6. The molecule has 4 heteroatoms. The number of aliphatic hydroxyl groups is 2. The second kappa shape index (κ2) is 15.4. The van der Waals surface area contributed by atoms with Crippen molar-refractivity contribution >= 4 is 28.0 Å². The Hall–Kier alpha value is -6.43. The molecular formula is C47H37NO3. The highest BCUT2D eigenvalue weighted by Gasteiger charge is 2.30. The van der Waals surface area contributed by atoms with E-state index in [4.69, 9.17) is 0 Å². The Labute approximate surface area is 299 Å². The van der Waals surface area contributed by atoms with E-state index in [9.17, 15) is 15.0 Å². The molecule has 0 fully saturated rings. The zero-order valence-electron chi connectivity index (χ0n) is 28.5. The van der Waals surface area contributed by atoms with Crippen molar-refractivity contribution in [3.05, 3.63) is 203 Å². The molecule has 7 rings (SSSR count). The minimum absolute atomic E-state index is 0.700. The number of carbonyl (C=O) groups excluding carboxylic acids is 1. The maximum Gasteiger partial charge on any atom is 0.209 e. The Morgan fingerprint density at radius 3 is 0.863 bits per heavy atom. The minimum Gasteiger partial charge on any atom is -0.369 e. The SMILES string of the molecule is CN(C)C=O.OC(C#Cc1c2ccccc2c(C#CC(O)(c2ccccc2)c2ccccc2)c2ccccc12)(c1ccccc1)c1ccccc1. The topological polar surface area (TPSA) is 60.8 Å². The average Bonchev–Trinajstić information content (AvgIpc) is 3.20. The fourth-order valence-corrected chi connectivity index (χ4v) is 6.04. The summed E-state index contributed by atoms with van der Waals surface area (Å²) in [7, 11) is 3.38. The van der Waals surface area contributed by atoms with Gasteiger partial charge in [-0.3, -0.25) is 4.79 Å². The van der Waals surface area contributed by atoms with Crippen LogP contribution < -0.4 is 0 Å². The van der Waals surface area contributed by atoms with Crippen molar-refractivity contribution in [2.24, 2.45) is 0 Å². The van der Waals surface area contributed by atoms with Gasteiger partial charge in [-0.05, 0) is 21.5 Å². The van der Waals surface area contributed by atoms with Gasteiger partial charge in [-0.25, -0.2) is 0 Å². The highest BCUT2D eigenvalue weighted by Crippen LogP contribution is 2.35. The summed E-state index contributed by atoms with van der Waals surface area (Å²) >= 11 is 0. The summed E-state index contributed by atoms with van der Waals surface area (Å²) in [5, 5.41) is 28.0.